The van der Waals surface area contributed by atoms with Crippen molar-refractivity contribution >= 4 is 28.8 Å². The summed E-state index contributed by atoms with van der Waals surface area (Å²) in [4.78, 5) is 16.3. The lowest BCUT2D eigenvalue weighted by Gasteiger charge is -2.24. The van der Waals surface area contributed by atoms with Crippen molar-refractivity contribution in [2.75, 3.05) is 13.6 Å². The third kappa shape index (κ3) is 4.90. The Labute approximate surface area is 171 Å². The number of likely N-dealkylation sites (N-methyl/N-ethyl adjacent to an activating group) is 1. The first-order chi connectivity index (χ1) is 13.2. The van der Waals surface area contributed by atoms with Gasteiger partial charge in [-0.15, -0.1) is 0 Å². The van der Waals surface area contributed by atoms with Gasteiger partial charge in [0.1, 0.15) is 5.60 Å². The molecule has 5 heteroatoms. The molecule has 0 aliphatic heterocycles. The molecule has 0 spiro atoms. The van der Waals surface area contributed by atoms with Gasteiger partial charge in [0.05, 0.1) is 0 Å². The minimum Gasteiger partial charge on any atom is -0.444 e. The van der Waals surface area contributed by atoms with Crippen LogP contribution in [0.15, 0.2) is 64.5 Å². The molecule has 1 aromatic heterocycles. The summed E-state index contributed by atoms with van der Waals surface area (Å²) in [7, 11) is 3.86. The summed E-state index contributed by atoms with van der Waals surface area (Å²) in [6.07, 6.45) is 2.68. The number of amides is 1. The number of aryl methyl sites for hydroxylation is 1. The fourth-order valence-corrected chi connectivity index (χ4v) is 4.21. The predicted octanol–water partition coefficient (Wildman–Crippen LogP) is 5.74. The molecule has 1 amide bonds. The highest BCUT2D eigenvalue weighted by atomic mass is 32.2. The van der Waals surface area contributed by atoms with Gasteiger partial charge in [0.15, 0.2) is 0 Å². The maximum absolute atomic E-state index is 12.2. The number of benzene rings is 2. The van der Waals surface area contributed by atoms with Crippen molar-refractivity contribution in [2.24, 2.45) is 7.05 Å². The molecule has 148 valence electrons. The van der Waals surface area contributed by atoms with Crippen molar-refractivity contribution in [3.05, 3.63) is 60.3 Å². The molecule has 3 aromatic rings. The van der Waals surface area contributed by atoms with Gasteiger partial charge in [-0.25, -0.2) is 4.79 Å². The molecule has 0 fully saturated rings. The van der Waals surface area contributed by atoms with Crippen molar-refractivity contribution in [1.29, 1.82) is 0 Å². The van der Waals surface area contributed by atoms with E-state index in [9.17, 15) is 4.79 Å². The number of aromatic nitrogens is 1. The SMILES string of the molecule is CN(CCc1ccccc1Sc1cn(C)c2ccccc12)C(=O)OC(C)(C)C. The largest absolute Gasteiger partial charge is 0.444 e. The lowest BCUT2D eigenvalue weighted by atomic mass is 10.1. The van der Waals surface area contributed by atoms with E-state index in [0.717, 1.165) is 6.42 Å². The molecule has 0 N–H and O–H groups in total. The number of hydrogen-bond acceptors (Lipinski definition) is 3. The van der Waals surface area contributed by atoms with Gasteiger partial charge >= 0.3 is 6.09 Å². The molecule has 0 saturated heterocycles. The maximum Gasteiger partial charge on any atom is 0.410 e. The Morgan fingerprint density at radius 1 is 1.07 bits per heavy atom. The van der Waals surface area contributed by atoms with Crippen molar-refractivity contribution in [2.45, 2.75) is 42.6 Å². The molecule has 0 unspecified atom stereocenters. The van der Waals surface area contributed by atoms with Crippen LogP contribution in [0, 0.1) is 0 Å². The van der Waals surface area contributed by atoms with Crippen molar-refractivity contribution in [3.8, 4) is 0 Å². The third-order valence-electron chi connectivity index (χ3n) is 4.47. The van der Waals surface area contributed by atoms with Gasteiger partial charge in [-0.2, -0.15) is 0 Å². The number of para-hydroxylation sites is 1. The highest BCUT2D eigenvalue weighted by Crippen LogP contribution is 2.36. The second kappa shape index (κ2) is 8.31. The zero-order valence-corrected chi connectivity index (χ0v) is 18.0. The number of fused-ring (bicyclic) bond motifs is 1. The van der Waals surface area contributed by atoms with Crippen molar-refractivity contribution in [3.63, 3.8) is 0 Å². The van der Waals surface area contributed by atoms with E-state index in [1.165, 1.54) is 26.3 Å². The zero-order chi connectivity index (χ0) is 20.3. The topological polar surface area (TPSA) is 34.5 Å². The molecule has 0 radical (unpaired) electrons. The van der Waals surface area contributed by atoms with Crippen molar-refractivity contribution < 1.29 is 9.53 Å². The summed E-state index contributed by atoms with van der Waals surface area (Å²) in [6, 6.07) is 16.8. The monoisotopic (exact) mass is 396 g/mol. The molecule has 0 aliphatic carbocycles. The van der Waals surface area contributed by atoms with E-state index in [1.807, 2.05) is 20.8 Å². The van der Waals surface area contributed by atoms with E-state index in [2.05, 4.69) is 66.3 Å². The van der Waals surface area contributed by atoms with Crippen LogP contribution >= 0.6 is 11.8 Å². The predicted molar refractivity (Wildman–Crippen MR) is 116 cm³/mol. The summed E-state index contributed by atoms with van der Waals surface area (Å²) in [5.41, 5.74) is 1.98. The highest BCUT2D eigenvalue weighted by Gasteiger charge is 2.19. The lowest BCUT2D eigenvalue weighted by molar-refractivity contribution is 0.0300. The van der Waals surface area contributed by atoms with E-state index in [-0.39, 0.29) is 6.09 Å². The van der Waals surface area contributed by atoms with Crippen LogP contribution in [0.1, 0.15) is 26.3 Å². The zero-order valence-electron chi connectivity index (χ0n) is 17.2. The van der Waals surface area contributed by atoms with E-state index < -0.39 is 5.60 Å². The van der Waals surface area contributed by atoms with Crippen LogP contribution in [0.2, 0.25) is 0 Å². The summed E-state index contributed by atoms with van der Waals surface area (Å²) < 4.78 is 7.61. The van der Waals surface area contributed by atoms with Crippen LogP contribution in [-0.2, 0) is 18.2 Å². The molecule has 1 heterocycles. The summed E-state index contributed by atoms with van der Waals surface area (Å²) >= 11 is 1.78. The molecule has 0 aliphatic rings. The Kier molecular flexibility index (Phi) is 6.04. The number of carbonyl (C=O) groups excluding carboxylic acids is 1. The van der Waals surface area contributed by atoms with Gasteiger partial charge in [0.25, 0.3) is 0 Å². The van der Waals surface area contributed by atoms with Gasteiger partial charge in [0.2, 0.25) is 0 Å². The lowest BCUT2D eigenvalue weighted by Crippen LogP contribution is -2.35. The second-order valence-electron chi connectivity index (χ2n) is 7.98. The Balaban J connectivity index is 1.74. The molecule has 0 saturated carbocycles. The minimum absolute atomic E-state index is 0.285. The Morgan fingerprint density at radius 2 is 1.75 bits per heavy atom. The molecule has 0 atom stereocenters. The van der Waals surface area contributed by atoms with E-state index in [4.69, 9.17) is 4.74 Å². The first-order valence-electron chi connectivity index (χ1n) is 9.48. The molecule has 28 heavy (non-hydrogen) atoms. The number of nitrogens with zero attached hydrogens (tertiary/aromatic N) is 2. The minimum atomic E-state index is -0.479. The Hall–Kier alpha value is -2.40. The number of rotatable bonds is 5. The second-order valence-corrected chi connectivity index (χ2v) is 9.07. The number of hydrogen-bond donors (Lipinski definition) is 0. The first-order valence-corrected chi connectivity index (χ1v) is 10.3. The highest BCUT2D eigenvalue weighted by molar-refractivity contribution is 7.99. The molecule has 4 nitrogen and oxygen atoms in total. The fourth-order valence-electron chi connectivity index (χ4n) is 3.03. The normalized spacial score (nSPS) is 11.6. The van der Waals surface area contributed by atoms with Crippen LogP contribution in [0.4, 0.5) is 4.79 Å². The average Bonchev–Trinajstić information content (AvgIpc) is 2.95. The van der Waals surface area contributed by atoms with E-state index in [0.29, 0.717) is 6.54 Å². The van der Waals surface area contributed by atoms with Crippen molar-refractivity contribution in [1.82, 2.24) is 9.47 Å². The summed E-state index contributed by atoms with van der Waals surface area (Å²) in [5.74, 6) is 0. The summed E-state index contributed by atoms with van der Waals surface area (Å²) in [5, 5.41) is 1.26. The van der Waals surface area contributed by atoms with Crippen LogP contribution < -0.4 is 0 Å². The van der Waals surface area contributed by atoms with Crippen LogP contribution in [0.25, 0.3) is 10.9 Å². The number of ether oxygens (including phenoxy) is 1. The quantitative estimate of drug-likeness (QED) is 0.552. The first kappa shape index (κ1) is 20.3. The fraction of sp³-hybridized carbons (Fsp3) is 0.348. The molecular weight excluding hydrogens is 368 g/mol. The van der Waals surface area contributed by atoms with Gasteiger partial charge in [-0.1, -0.05) is 48.2 Å². The van der Waals surface area contributed by atoms with E-state index >= 15 is 0 Å². The van der Waals surface area contributed by atoms with Gasteiger partial charge in [-0.05, 0) is 44.9 Å². The maximum atomic E-state index is 12.2. The average molecular weight is 397 g/mol. The summed E-state index contributed by atoms with van der Waals surface area (Å²) in [6.45, 7) is 6.26. The van der Waals surface area contributed by atoms with Crippen LogP contribution in [-0.4, -0.2) is 34.8 Å². The Bertz CT molecular complexity index is 972. The standard InChI is InChI=1S/C23H28N2O2S/c1-23(2,3)27-22(26)24(4)15-14-17-10-6-9-13-20(17)28-21-16-25(5)19-12-8-7-11-18(19)21/h6-13,16H,14-15H2,1-5H3. The third-order valence-corrected chi connectivity index (χ3v) is 5.64. The number of carbonyl (C=O) groups is 1. The smallest absolute Gasteiger partial charge is 0.410 e. The molecule has 2 aromatic carbocycles. The van der Waals surface area contributed by atoms with Gasteiger partial charge in [-0.3, -0.25) is 0 Å². The Morgan fingerprint density at radius 3 is 2.50 bits per heavy atom. The van der Waals surface area contributed by atoms with E-state index in [1.54, 1.807) is 23.7 Å². The van der Waals surface area contributed by atoms with Crippen LogP contribution in [0.5, 0.6) is 0 Å². The molecular formula is C23H28N2O2S. The van der Waals surface area contributed by atoms with Crippen LogP contribution in [0.3, 0.4) is 0 Å². The molecule has 3 rings (SSSR count). The van der Waals surface area contributed by atoms with Gasteiger partial charge in [0, 0.05) is 47.5 Å². The molecule has 0 bridgehead atoms. The van der Waals surface area contributed by atoms with Gasteiger partial charge < -0.3 is 14.2 Å².